The standard InChI is InChI=1S/C49H66N6O5/c1-7-13-16-35(10-4)19-32-44(56)38-20-26-41(27-21-38)50-47-53-48(51-42-28-22-39(23-29-42)45(57)59-33-36(11-5)17-14-8-2)55-49(54-47)52-43-30-24-40(25-31-43)46(58)60-34-37(12-6)18-15-9-3/h19-32,35-37H,7-18,33-34H2,1-6H3,(H3,50,51,52,53,54,55)/b32-19+. The van der Waals surface area contributed by atoms with E-state index in [1.54, 1.807) is 66.7 Å². The molecule has 0 aliphatic rings. The summed E-state index contributed by atoms with van der Waals surface area (Å²) < 4.78 is 11.3. The molecule has 0 bridgehead atoms. The second kappa shape index (κ2) is 25.8. The number of nitrogens with one attached hydrogen (secondary N) is 3. The molecule has 1 heterocycles. The van der Waals surface area contributed by atoms with Crippen LogP contribution < -0.4 is 16.0 Å². The molecule has 3 N–H and O–H groups in total. The van der Waals surface area contributed by atoms with Gasteiger partial charge in [-0.1, -0.05) is 99.0 Å². The van der Waals surface area contributed by atoms with E-state index in [1.807, 2.05) is 18.2 Å². The van der Waals surface area contributed by atoms with Crippen LogP contribution in [0.25, 0.3) is 0 Å². The van der Waals surface area contributed by atoms with Crippen LogP contribution in [-0.4, -0.2) is 45.9 Å². The lowest BCUT2D eigenvalue weighted by Gasteiger charge is -2.15. The Morgan fingerprint density at radius 3 is 1.23 bits per heavy atom. The summed E-state index contributed by atoms with van der Waals surface area (Å²) in [7, 11) is 0. The highest BCUT2D eigenvalue weighted by molar-refractivity contribution is 6.04. The molecule has 3 unspecified atom stereocenters. The number of anilines is 6. The average Bonchev–Trinajstić information content (AvgIpc) is 3.27. The Kier molecular flexibility index (Phi) is 20.3. The molecule has 0 radical (unpaired) electrons. The predicted octanol–water partition coefficient (Wildman–Crippen LogP) is 12.8. The molecule has 0 amide bonds. The number of carbonyl (C=O) groups is 3. The topological polar surface area (TPSA) is 144 Å². The molecule has 4 rings (SSSR count). The Bertz CT molecular complexity index is 1840. The number of allylic oxidation sites excluding steroid dienone is 2. The molecule has 0 saturated carbocycles. The van der Waals surface area contributed by atoms with Crippen LogP contribution >= 0.6 is 0 Å². The highest BCUT2D eigenvalue weighted by Gasteiger charge is 2.15. The zero-order chi connectivity index (χ0) is 43.1. The summed E-state index contributed by atoms with van der Waals surface area (Å²) in [6.07, 6.45) is 16.6. The van der Waals surface area contributed by atoms with Gasteiger partial charge in [-0.3, -0.25) is 4.79 Å². The van der Waals surface area contributed by atoms with Gasteiger partial charge in [0.2, 0.25) is 17.8 Å². The first kappa shape index (κ1) is 47.1. The summed E-state index contributed by atoms with van der Waals surface area (Å²) in [5.74, 6) is 1.09. The van der Waals surface area contributed by atoms with Gasteiger partial charge >= 0.3 is 11.9 Å². The zero-order valence-corrected chi connectivity index (χ0v) is 36.6. The Morgan fingerprint density at radius 1 is 0.517 bits per heavy atom. The largest absolute Gasteiger partial charge is 0.462 e. The average molecular weight is 819 g/mol. The molecule has 3 aromatic carbocycles. The maximum atomic E-state index is 13.0. The second-order valence-corrected chi connectivity index (χ2v) is 15.5. The first-order chi connectivity index (χ1) is 29.2. The molecule has 0 aliphatic carbocycles. The Balaban J connectivity index is 1.50. The van der Waals surface area contributed by atoms with E-state index in [1.165, 1.54) is 0 Å². The van der Waals surface area contributed by atoms with Crippen molar-refractivity contribution in [2.75, 3.05) is 29.2 Å². The van der Waals surface area contributed by atoms with Gasteiger partial charge in [0.1, 0.15) is 0 Å². The third-order valence-corrected chi connectivity index (χ3v) is 10.8. The van der Waals surface area contributed by atoms with Crippen LogP contribution in [0.5, 0.6) is 0 Å². The first-order valence-electron chi connectivity index (χ1n) is 22.1. The number of nitrogens with zero attached hydrogens (tertiary/aromatic N) is 3. The summed E-state index contributed by atoms with van der Waals surface area (Å²) >= 11 is 0. The molecule has 0 aliphatic heterocycles. The smallest absolute Gasteiger partial charge is 0.338 e. The van der Waals surface area contributed by atoms with Crippen LogP contribution in [0, 0.1) is 17.8 Å². The van der Waals surface area contributed by atoms with Crippen LogP contribution in [0.2, 0.25) is 0 Å². The fourth-order valence-electron chi connectivity index (χ4n) is 6.60. The van der Waals surface area contributed by atoms with Crippen molar-refractivity contribution in [2.24, 2.45) is 17.8 Å². The SMILES string of the molecule is CCCCC(/C=C/C(=O)c1ccc(Nc2nc(Nc3ccc(C(=O)OCC(CC)CCCC)cc3)nc(Nc3ccc(C(=O)OCC(CC)CCCC)cc3)n2)cc1)CC. The van der Waals surface area contributed by atoms with E-state index in [4.69, 9.17) is 9.47 Å². The number of carbonyl (C=O) groups excluding carboxylic acids is 3. The van der Waals surface area contributed by atoms with E-state index >= 15 is 0 Å². The van der Waals surface area contributed by atoms with Gasteiger partial charge in [0.05, 0.1) is 24.3 Å². The van der Waals surface area contributed by atoms with Gasteiger partial charge in [0.15, 0.2) is 5.78 Å². The fourth-order valence-corrected chi connectivity index (χ4v) is 6.60. The van der Waals surface area contributed by atoms with E-state index < -0.39 is 0 Å². The van der Waals surface area contributed by atoms with E-state index in [9.17, 15) is 14.4 Å². The van der Waals surface area contributed by atoms with Crippen molar-refractivity contribution in [3.63, 3.8) is 0 Å². The number of rotatable bonds is 27. The second-order valence-electron chi connectivity index (χ2n) is 15.5. The number of unbranched alkanes of at least 4 members (excludes halogenated alkanes) is 3. The molecule has 0 spiro atoms. The number of ketones is 1. The minimum absolute atomic E-state index is 0.0394. The van der Waals surface area contributed by atoms with Crippen molar-refractivity contribution < 1.29 is 23.9 Å². The van der Waals surface area contributed by atoms with Gasteiger partial charge in [-0.25, -0.2) is 9.59 Å². The van der Waals surface area contributed by atoms with Crippen molar-refractivity contribution in [2.45, 2.75) is 119 Å². The maximum Gasteiger partial charge on any atom is 0.338 e. The highest BCUT2D eigenvalue weighted by Crippen LogP contribution is 2.24. The zero-order valence-electron chi connectivity index (χ0n) is 36.6. The van der Waals surface area contributed by atoms with Crippen LogP contribution in [0.1, 0.15) is 150 Å². The molecular weight excluding hydrogens is 753 g/mol. The lowest BCUT2D eigenvalue weighted by molar-refractivity contribution is 0.0419. The number of aromatic nitrogens is 3. The Hall–Kier alpha value is -5.58. The molecule has 3 atom stereocenters. The van der Waals surface area contributed by atoms with Gasteiger partial charge in [-0.15, -0.1) is 0 Å². The normalized spacial score (nSPS) is 12.7. The van der Waals surface area contributed by atoms with Gasteiger partial charge in [0, 0.05) is 22.6 Å². The van der Waals surface area contributed by atoms with Gasteiger partial charge in [-0.05, 0) is 122 Å². The van der Waals surface area contributed by atoms with E-state index in [0.717, 1.165) is 77.0 Å². The van der Waals surface area contributed by atoms with Crippen molar-refractivity contribution >= 4 is 52.6 Å². The van der Waals surface area contributed by atoms with Crippen LogP contribution in [0.4, 0.5) is 34.9 Å². The van der Waals surface area contributed by atoms with Crippen molar-refractivity contribution in [3.8, 4) is 0 Å². The van der Waals surface area contributed by atoms with Gasteiger partial charge in [0.25, 0.3) is 0 Å². The van der Waals surface area contributed by atoms with Gasteiger partial charge < -0.3 is 25.4 Å². The molecule has 0 saturated heterocycles. The lowest BCUT2D eigenvalue weighted by Crippen LogP contribution is -2.14. The summed E-state index contributed by atoms with van der Waals surface area (Å²) in [6.45, 7) is 13.7. The predicted molar refractivity (Wildman–Crippen MR) is 243 cm³/mol. The maximum absolute atomic E-state index is 13.0. The lowest BCUT2D eigenvalue weighted by atomic mass is 9.98. The summed E-state index contributed by atoms with van der Waals surface area (Å²) in [5, 5.41) is 9.69. The molecule has 322 valence electrons. The number of hydrogen-bond acceptors (Lipinski definition) is 11. The third kappa shape index (κ3) is 15.9. The number of benzene rings is 3. The number of esters is 2. The Morgan fingerprint density at radius 2 is 0.883 bits per heavy atom. The monoisotopic (exact) mass is 819 g/mol. The number of hydrogen-bond donors (Lipinski definition) is 3. The molecule has 4 aromatic rings. The molecule has 60 heavy (non-hydrogen) atoms. The first-order valence-corrected chi connectivity index (χ1v) is 22.1. The summed E-state index contributed by atoms with van der Waals surface area (Å²) in [4.78, 5) is 52.5. The van der Waals surface area contributed by atoms with Crippen molar-refractivity contribution in [3.05, 3.63) is 102 Å². The minimum Gasteiger partial charge on any atom is -0.462 e. The molecular formula is C49H66N6O5. The van der Waals surface area contributed by atoms with Crippen molar-refractivity contribution in [1.29, 1.82) is 0 Å². The summed E-state index contributed by atoms with van der Waals surface area (Å²) in [5.41, 5.74) is 3.49. The highest BCUT2D eigenvalue weighted by atomic mass is 16.5. The minimum atomic E-state index is -0.355. The van der Waals surface area contributed by atoms with E-state index in [-0.39, 0.29) is 35.6 Å². The van der Waals surface area contributed by atoms with E-state index in [2.05, 4.69) is 72.4 Å². The van der Waals surface area contributed by atoms with E-state index in [0.29, 0.717) is 64.7 Å². The Labute approximate surface area is 357 Å². The van der Waals surface area contributed by atoms with Crippen LogP contribution in [0.15, 0.2) is 84.9 Å². The summed E-state index contributed by atoms with van der Waals surface area (Å²) in [6, 6.07) is 21.1. The molecule has 11 nitrogen and oxygen atoms in total. The van der Waals surface area contributed by atoms with Crippen LogP contribution in [0.3, 0.4) is 0 Å². The quantitative estimate of drug-likeness (QED) is 0.0300. The molecule has 1 aromatic heterocycles. The fraction of sp³-hybridized carbons (Fsp3) is 0.469. The molecule has 11 heteroatoms. The van der Waals surface area contributed by atoms with Gasteiger partial charge in [-0.2, -0.15) is 15.0 Å². The third-order valence-electron chi connectivity index (χ3n) is 10.8. The number of ether oxygens (including phenoxy) is 2. The molecule has 0 fully saturated rings. The van der Waals surface area contributed by atoms with Crippen LogP contribution in [-0.2, 0) is 9.47 Å². The van der Waals surface area contributed by atoms with Crippen molar-refractivity contribution in [1.82, 2.24) is 15.0 Å².